The van der Waals surface area contributed by atoms with Crippen LogP contribution in [-0.2, 0) is 14.1 Å². The summed E-state index contributed by atoms with van der Waals surface area (Å²) in [6.07, 6.45) is 10.5. The van der Waals surface area contributed by atoms with Crippen molar-refractivity contribution in [1.29, 1.82) is 10.8 Å². The van der Waals surface area contributed by atoms with Crippen LogP contribution >= 0.6 is 11.8 Å². The molecule has 2 N–H and O–H groups in total. The molecule has 4 heterocycles. The molecule has 0 atom stereocenters. The Bertz CT molecular complexity index is 1580. The molecule has 0 saturated heterocycles. The summed E-state index contributed by atoms with van der Waals surface area (Å²) in [5.74, 6) is -0.703. The van der Waals surface area contributed by atoms with Crippen LogP contribution in [0.1, 0.15) is 0 Å². The zero-order valence-electron chi connectivity index (χ0n) is 17.8. The molecule has 0 aliphatic rings. The smallest absolute Gasteiger partial charge is 0.171 e. The topological polar surface area (TPSA) is 101 Å². The number of benzene rings is 1. The summed E-state index contributed by atoms with van der Waals surface area (Å²) >= 11 is 1.14. The summed E-state index contributed by atoms with van der Waals surface area (Å²) in [6, 6.07) is 9.00. The van der Waals surface area contributed by atoms with Crippen molar-refractivity contribution < 1.29 is 4.39 Å². The monoisotopic (exact) mass is 458 g/mol. The largest absolute Gasteiger partial charge is 0.281 e. The lowest BCUT2D eigenvalue weighted by Crippen LogP contribution is -2.27. The highest BCUT2D eigenvalue weighted by molar-refractivity contribution is 8.13. The molecule has 33 heavy (non-hydrogen) atoms. The van der Waals surface area contributed by atoms with Crippen LogP contribution < -0.4 is 5.49 Å². The predicted octanol–water partition coefficient (Wildman–Crippen LogP) is 4.03. The average molecular weight is 459 g/mol. The van der Waals surface area contributed by atoms with E-state index in [0.717, 1.165) is 38.7 Å². The second kappa shape index (κ2) is 8.14. The summed E-state index contributed by atoms with van der Waals surface area (Å²) in [5, 5.41) is 25.9. The number of rotatable bonds is 3. The first kappa shape index (κ1) is 20.8. The lowest BCUT2D eigenvalue weighted by atomic mass is 10.1. The van der Waals surface area contributed by atoms with Gasteiger partial charge in [0.15, 0.2) is 16.5 Å². The van der Waals surface area contributed by atoms with E-state index in [1.54, 1.807) is 41.2 Å². The van der Waals surface area contributed by atoms with Gasteiger partial charge in [0, 0.05) is 71.4 Å². The highest BCUT2D eigenvalue weighted by Gasteiger charge is 2.12. The number of pyridine rings is 2. The van der Waals surface area contributed by atoms with Gasteiger partial charge in [-0.25, -0.2) is 4.39 Å². The van der Waals surface area contributed by atoms with E-state index in [-0.39, 0.29) is 10.7 Å². The Labute approximate surface area is 192 Å². The molecular weight excluding hydrogens is 439 g/mol. The van der Waals surface area contributed by atoms with Gasteiger partial charge in [0.25, 0.3) is 0 Å². The minimum Gasteiger partial charge on any atom is -0.281 e. The fourth-order valence-electron chi connectivity index (χ4n) is 3.51. The molecule has 4 aromatic heterocycles. The first-order valence-electron chi connectivity index (χ1n) is 9.99. The minimum absolute atomic E-state index is 0.0142. The van der Waals surface area contributed by atoms with Gasteiger partial charge < -0.3 is 0 Å². The van der Waals surface area contributed by atoms with Crippen LogP contribution in [0.5, 0.6) is 0 Å². The third kappa shape index (κ3) is 4.08. The van der Waals surface area contributed by atoms with Crippen molar-refractivity contribution in [2.75, 3.05) is 0 Å². The highest BCUT2D eigenvalue weighted by atomic mass is 32.2. The molecule has 0 radical (unpaired) electrons. The van der Waals surface area contributed by atoms with E-state index in [1.807, 2.05) is 43.7 Å². The number of hydrogen-bond donors (Lipinski definition) is 2. The van der Waals surface area contributed by atoms with Crippen molar-refractivity contribution >= 4 is 27.8 Å². The molecule has 0 aliphatic carbocycles. The first-order valence-corrected chi connectivity index (χ1v) is 10.8. The Morgan fingerprint density at radius 3 is 2.24 bits per heavy atom. The fraction of sp³-hybridized carbons (Fsp3) is 0.0870. The van der Waals surface area contributed by atoms with E-state index >= 15 is 0 Å². The SMILES string of the molecule is Cn1cc(-c2cnc3ccc(SC(=N)n4cc(-c5cnn(C)c5)cc(F)c4=N)cc3c2)cn1. The second-order valence-corrected chi connectivity index (χ2v) is 8.65. The van der Waals surface area contributed by atoms with Gasteiger partial charge in [0.1, 0.15) is 0 Å². The van der Waals surface area contributed by atoms with E-state index in [2.05, 4.69) is 15.2 Å². The van der Waals surface area contributed by atoms with E-state index in [9.17, 15) is 4.39 Å². The van der Waals surface area contributed by atoms with Gasteiger partial charge in [0.2, 0.25) is 0 Å². The molecule has 0 aliphatic heterocycles. The Hall–Kier alpha value is -4.05. The lowest BCUT2D eigenvalue weighted by Gasteiger charge is -2.11. The van der Waals surface area contributed by atoms with Crippen LogP contribution in [0.25, 0.3) is 33.2 Å². The fourth-order valence-corrected chi connectivity index (χ4v) is 4.30. The Balaban J connectivity index is 1.47. The van der Waals surface area contributed by atoms with Crippen molar-refractivity contribution in [3.05, 3.63) is 78.8 Å². The van der Waals surface area contributed by atoms with Crippen molar-refractivity contribution in [2.24, 2.45) is 14.1 Å². The number of halogens is 1. The van der Waals surface area contributed by atoms with Gasteiger partial charge in [-0.3, -0.25) is 29.7 Å². The average Bonchev–Trinajstić information content (AvgIpc) is 3.43. The maximum atomic E-state index is 14.5. The molecule has 0 saturated carbocycles. The number of aromatic nitrogens is 6. The van der Waals surface area contributed by atoms with Gasteiger partial charge in [0.05, 0.1) is 17.9 Å². The van der Waals surface area contributed by atoms with Crippen molar-refractivity contribution in [2.45, 2.75) is 4.90 Å². The molecule has 0 spiro atoms. The van der Waals surface area contributed by atoms with Crippen molar-refractivity contribution in [3.63, 3.8) is 0 Å². The van der Waals surface area contributed by atoms with Crippen LogP contribution in [-0.4, -0.2) is 34.3 Å². The van der Waals surface area contributed by atoms with E-state index < -0.39 is 5.82 Å². The Morgan fingerprint density at radius 2 is 1.58 bits per heavy atom. The molecule has 0 bridgehead atoms. The van der Waals surface area contributed by atoms with Crippen LogP contribution in [0.4, 0.5) is 4.39 Å². The van der Waals surface area contributed by atoms with Gasteiger partial charge in [-0.2, -0.15) is 10.2 Å². The minimum atomic E-state index is -0.703. The quantitative estimate of drug-likeness (QED) is 0.242. The van der Waals surface area contributed by atoms with Crippen molar-refractivity contribution in [1.82, 2.24) is 29.1 Å². The summed E-state index contributed by atoms with van der Waals surface area (Å²) in [7, 11) is 3.64. The van der Waals surface area contributed by atoms with Crippen LogP contribution in [0.15, 0.2) is 72.4 Å². The maximum Gasteiger partial charge on any atom is 0.171 e. The summed E-state index contributed by atoms with van der Waals surface area (Å²) in [6.45, 7) is 0. The zero-order chi connectivity index (χ0) is 23.1. The molecule has 8 nitrogen and oxygen atoms in total. The standard InChI is InChI=1S/C23H19FN8S/c1-30-11-17(9-28-30)15-5-14-6-19(3-4-21(14)27-8-15)33-23(26)32-13-16(7-20(24)22(32)25)18-10-29-31(2)12-18/h3-13,25-26H,1-2H3. The third-order valence-corrected chi connectivity index (χ3v) is 6.06. The van der Waals surface area contributed by atoms with Gasteiger partial charge in [-0.05, 0) is 30.3 Å². The maximum absolute atomic E-state index is 14.5. The Morgan fingerprint density at radius 1 is 0.879 bits per heavy atom. The molecule has 5 rings (SSSR count). The number of fused-ring (bicyclic) bond motifs is 1. The summed E-state index contributed by atoms with van der Waals surface area (Å²) < 4.78 is 19.1. The molecule has 1 aromatic carbocycles. The normalized spacial score (nSPS) is 11.2. The van der Waals surface area contributed by atoms with E-state index in [0.29, 0.717) is 11.1 Å². The van der Waals surface area contributed by atoms with E-state index in [4.69, 9.17) is 10.8 Å². The third-order valence-electron chi connectivity index (χ3n) is 5.18. The number of aryl methyl sites for hydroxylation is 2. The second-order valence-electron chi connectivity index (χ2n) is 7.59. The van der Waals surface area contributed by atoms with Crippen LogP contribution in [0.2, 0.25) is 0 Å². The molecule has 0 fully saturated rings. The molecule has 164 valence electrons. The molecule has 5 aromatic rings. The Kier molecular flexibility index (Phi) is 5.14. The number of nitrogens with zero attached hydrogens (tertiary/aromatic N) is 6. The lowest BCUT2D eigenvalue weighted by molar-refractivity contribution is 0.592. The van der Waals surface area contributed by atoms with Crippen LogP contribution in [0.3, 0.4) is 0 Å². The van der Waals surface area contributed by atoms with E-state index in [1.165, 1.54) is 10.6 Å². The predicted molar refractivity (Wildman–Crippen MR) is 125 cm³/mol. The zero-order valence-corrected chi connectivity index (χ0v) is 18.6. The van der Waals surface area contributed by atoms with Gasteiger partial charge in [-0.1, -0.05) is 11.8 Å². The summed E-state index contributed by atoms with van der Waals surface area (Å²) in [5.41, 5.74) is 3.63. The number of nitrogens with one attached hydrogen (secondary N) is 2. The molecule has 0 unspecified atom stereocenters. The van der Waals surface area contributed by atoms with Crippen molar-refractivity contribution in [3.8, 4) is 22.3 Å². The molecular formula is C23H19FN8S. The van der Waals surface area contributed by atoms with Gasteiger partial charge >= 0.3 is 0 Å². The molecule has 10 heteroatoms. The van der Waals surface area contributed by atoms with Gasteiger partial charge in [-0.15, -0.1) is 0 Å². The number of hydrogen-bond acceptors (Lipinski definition) is 6. The highest BCUT2D eigenvalue weighted by Crippen LogP contribution is 2.28. The molecule has 0 amide bonds. The number of thioether (sulfide) groups is 1. The summed E-state index contributed by atoms with van der Waals surface area (Å²) in [4.78, 5) is 5.31. The first-order chi connectivity index (χ1) is 15.9. The van der Waals surface area contributed by atoms with Crippen LogP contribution in [0, 0.1) is 16.6 Å².